The highest BCUT2D eigenvalue weighted by Gasteiger charge is 2.13. The van der Waals surface area contributed by atoms with Crippen LogP contribution in [0.25, 0.3) is 5.65 Å². The van der Waals surface area contributed by atoms with Crippen molar-refractivity contribution in [3.05, 3.63) is 17.4 Å². The van der Waals surface area contributed by atoms with Crippen molar-refractivity contribution in [1.82, 2.24) is 19.8 Å². The van der Waals surface area contributed by atoms with Crippen LogP contribution in [0.1, 0.15) is 25.7 Å². The van der Waals surface area contributed by atoms with Gasteiger partial charge in [-0.05, 0) is 36.6 Å². The summed E-state index contributed by atoms with van der Waals surface area (Å²) < 4.78 is 1.59. The van der Waals surface area contributed by atoms with Crippen LogP contribution >= 0.6 is 11.6 Å². The van der Waals surface area contributed by atoms with Gasteiger partial charge in [0.05, 0.1) is 0 Å². The first kappa shape index (κ1) is 10.8. The Morgan fingerprint density at radius 1 is 1.00 bits per heavy atom. The lowest BCUT2D eigenvalue weighted by atomic mass is 10.2. The second-order valence-corrected chi connectivity index (χ2v) is 4.67. The molecular weight excluding hydrogens is 238 g/mol. The average Bonchev–Trinajstić information content (AvgIpc) is 2.58. The van der Waals surface area contributed by atoms with E-state index in [2.05, 4.69) is 20.2 Å². The summed E-state index contributed by atoms with van der Waals surface area (Å²) in [4.78, 5) is 2.31. The van der Waals surface area contributed by atoms with Crippen LogP contribution in [0.3, 0.4) is 0 Å². The van der Waals surface area contributed by atoms with Crippen LogP contribution in [-0.4, -0.2) is 32.9 Å². The number of rotatable bonds is 1. The van der Waals surface area contributed by atoms with Gasteiger partial charge in [0.2, 0.25) is 5.28 Å². The van der Waals surface area contributed by atoms with Gasteiger partial charge < -0.3 is 4.90 Å². The fourth-order valence-electron chi connectivity index (χ4n) is 2.22. The molecule has 0 N–H and O–H groups in total. The van der Waals surface area contributed by atoms with Gasteiger partial charge in [0.1, 0.15) is 5.82 Å². The molecule has 0 unspecified atom stereocenters. The number of aromatic nitrogens is 4. The number of halogens is 1. The molecule has 0 atom stereocenters. The Morgan fingerprint density at radius 3 is 2.53 bits per heavy atom. The highest BCUT2D eigenvalue weighted by Crippen LogP contribution is 2.18. The van der Waals surface area contributed by atoms with Gasteiger partial charge in [-0.25, -0.2) is 0 Å². The van der Waals surface area contributed by atoms with Gasteiger partial charge >= 0.3 is 0 Å². The largest absolute Gasteiger partial charge is 0.355 e. The maximum atomic E-state index is 5.92. The summed E-state index contributed by atoms with van der Waals surface area (Å²) in [5.41, 5.74) is 0.688. The number of hydrogen-bond acceptors (Lipinski definition) is 4. The zero-order chi connectivity index (χ0) is 11.7. The van der Waals surface area contributed by atoms with Crippen LogP contribution in [0.15, 0.2) is 12.1 Å². The second kappa shape index (κ2) is 4.49. The molecule has 0 spiro atoms. The molecule has 1 aliphatic rings. The predicted molar refractivity (Wildman–Crippen MR) is 66.5 cm³/mol. The monoisotopic (exact) mass is 251 g/mol. The number of nitrogens with zero attached hydrogens (tertiary/aromatic N) is 5. The van der Waals surface area contributed by atoms with E-state index >= 15 is 0 Å². The summed E-state index contributed by atoms with van der Waals surface area (Å²) in [6.45, 7) is 2.14. The summed E-state index contributed by atoms with van der Waals surface area (Å²) in [5, 5.41) is 12.5. The molecule has 2 aromatic rings. The number of hydrogen-bond donors (Lipinski definition) is 0. The molecule has 5 nitrogen and oxygen atoms in total. The molecule has 6 heteroatoms. The first-order chi connectivity index (χ1) is 8.34. The van der Waals surface area contributed by atoms with E-state index in [-0.39, 0.29) is 0 Å². The van der Waals surface area contributed by atoms with Crippen LogP contribution in [0.4, 0.5) is 5.82 Å². The van der Waals surface area contributed by atoms with E-state index in [4.69, 9.17) is 11.6 Å². The van der Waals surface area contributed by atoms with E-state index in [1.54, 1.807) is 4.52 Å². The van der Waals surface area contributed by atoms with Crippen molar-refractivity contribution >= 4 is 23.1 Å². The molecule has 0 bridgehead atoms. The van der Waals surface area contributed by atoms with Gasteiger partial charge in [0.25, 0.3) is 0 Å². The van der Waals surface area contributed by atoms with E-state index in [0.717, 1.165) is 18.9 Å². The van der Waals surface area contributed by atoms with E-state index in [9.17, 15) is 0 Å². The summed E-state index contributed by atoms with van der Waals surface area (Å²) in [5.74, 6) is 0.959. The fourth-order valence-corrected chi connectivity index (χ4v) is 2.38. The van der Waals surface area contributed by atoms with Crippen LogP contribution in [0.5, 0.6) is 0 Å². The van der Waals surface area contributed by atoms with E-state index < -0.39 is 0 Å². The van der Waals surface area contributed by atoms with Gasteiger partial charge in [-0.15, -0.1) is 15.3 Å². The maximum absolute atomic E-state index is 5.92. The molecule has 1 saturated heterocycles. The predicted octanol–water partition coefficient (Wildman–Crippen LogP) is 2.16. The van der Waals surface area contributed by atoms with E-state index in [0.29, 0.717) is 10.9 Å². The Balaban J connectivity index is 1.95. The van der Waals surface area contributed by atoms with Crippen molar-refractivity contribution in [2.45, 2.75) is 25.7 Å². The summed E-state index contributed by atoms with van der Waals surface area (Å²) >= 11 is 5.92. The van der Waals surface area contributed by atoms with Gasteiger partial charge in [0, 0.05) is 13.1 Å². The van der Waals surface area contributed by atoms with Crippen molar-refractivity contribution in [3.63, 3.8) is 0 Å². The lowest BCUT2D eigenvalue weighted by Crippen LogP contribution is -2.25. The van der Waals surface area contributed by atoms with Crippen molar-refractivity contribution < 1.29 is 0 Å². The van der Waals surface area contributed by atoms with Crippen LogP contribution in [0, 0.1) is 0 Å². The van der Waals surface area contributed by atoms with Crippen molar-refractivity contribution in [2.75, 3.05) is 18.0 Å². The van der Waals surface area contributed by atoms with Crippen LogP contribution in [0.2, 0.25) is 5.28 Å². The Kier molecular flexibility index (Phi) is 2.84. The molecule has 90 valence electrons. The van der Waals surface area contributed by atoms with Crippen LogP contribution < -0.4 is 4.90 Å². The zero-order valence-electron chi connectivity index (χ0n) is 9.51. The topological polar surface area (TPSA) is 46.3 Å². The molecule has 1 aliphatic heterocycles. The molecule has 1 fully saturated rings. The molecule has 3 rings (SSSR count). The Hall–Kier alpha value is -1.36. The van der Waals surface area contributed by atoms with Crippen LogP contribution in [-0.2, 0) is 0 Å². The molecule has 0 saturated carbocycles. The third-order valence-corrected chi connectivity index (χ3v) is 3.38. The minimum Gasteiger partial charge on any atom is -0.355 e. The summed E-state index contributed by atoms with van der Waals surface area (Å²) in [7, 11) is 0. The lowest BCUT2D eigenvalue weighted by molar-refractivity contribution is 0.726. The highest BCUT2D eigenvalue weighted by atomic mass is 35.5. The second-order valence-electron chi connectivity index (χ2n) is 4.33. The van der Waals surface area contributed by atoms with Gasteiger partial charge in [0.15, 0.2) is 5.65 Å². The van der Waals surface area contributed by atoms with Crippen molar-refractivity contribution in [3.8, 4) is 0 Å². The highest BCUT2D eigenvalue weighted by molar-refractivity contribution is 6.28. The molecule has 0 amide bonds. The summed E-state index contributed by atoms with van der Waals surface area (Å²) in [6, 6.07) is 3.90. The Morgan fingerprint density at radius 2 is 1.76 bits per heavy atom. The fraction of sp³-hybridized carbons (Fsp3) is 0.545. The van der Waals surface area contributed by atoms with Gasteiger partial charge in [-0.1, -0.05) is 12.8 Å². The molecular formula is C11H14ClN5. The molecule has 0 aromatic carbocycles. The minimum atomic E-state index is 0.316. The SMILES string of the molecule is Clc1nnc2ccc(N3CCCCCC3)nn12. The van der Waals surface area contributed by atoms with Gasteiger partial charge in [-0.3, -0.25) is 0 Å². The standard InChI is InChI=1S/C11H14ClN5/c12-11-14-13-9-5-6-10(15-17(9)11)16-7-3-1-2-4-8-16/h5-6H,1-4,7-8H2. The molecule has 3 heterocycles. The normalized spacial score (nSPS) is 17.4. The quantitative estimate of drug-likeness (QED) is 0.779. The Bertz CT molecular complexity index is 516. The number of anilines is 1. The molecule has 17 heavy (non-hydrogen) atoms. The number of fused-ring (bicyclic) bond motifs is 1. The third kappa shape index (κ3) is 2.07. The average molecular weight is 252 g/mol. The van der Waals surface area contributed by atoms with Crippen molar-refractivity contribution in [1.29, 1.82) is 0 Å². The first-order valence-corrected chi connectivity index (χ1v) is 6.35. The maximum Gasteiger partial charge on any atom is 0.246 e. The zero-order valence-corrected chi connectivity index (χ0v) is 10.3. The van der Waals surface area contributed by atoms with E-state index in [1.165, 1.54) is 25.7 Å². The van der Waals surface area contributed by atoms with Crippen molar-refractivity contribution in [2.24, 2.45) is 0 Å². The minimum absolute atomic E-state index is 0.316. The summed E-state index contributed by atoms with van der Waals surface area (Å²) in [6.07, 6.45) is 5.09. The first-order valence-electron chi connectivity index (χ1n) is 5.97. The molecule has 0 radical (unpaired) electrons. The molecule has 0 aliphatic carbocycles. The van der Waals surface area contributed by atoms with E-state index in [1.807, 2.05) is 12.1 Å². The van der Waals surface area contributed by atoms with Gasteiger partial charge in [-0.2, -0.15) is 4.52 Å². The lowest BCUT2D eigenvalue weighted by Gasteiger charge is -2.20. The smallest absolute Gasteiger partial charge is 0.246 e. The third-order valence-electron chi connectivity index (χ3n) is 3.14. The molecule has 2 aromatic heterocycles. The Labute approximate surface area is 104 Å².